The molecule has 0 saturated heterocycles. The van der Waals surface area contributed by atoms with Crippen LogP contribution in [0.2, 0.25) is 0 Å². The molecule has 1 N–H and O–H groups in total. The second-order valence-corrected chi connectivity index (χ2v) is 6.68. The predicted molar refractivity (Wildman–Crippen MR) is 84.3 cm³/mol. The Hall–Kier alpha value is -1.06. The highest BCUT2D eigenvalue weighted by Crippen LogP contribution is 2.38. The Morgan fingerprint density at radius 2 is 2.05 bits per heavy atom. The molecule has 1 heterocycles. The lowest BCUT2D eigenvalue weighted by Crippen LogP contribution is -2.41. The van der Waals surface area contributed by atoms with Gasteiger partial charge in [0, 0.05) is 37.2 Å². The van der Waals surface area contributed by atoms with Crippen LogP contribution in [0.1, 0.15) is 45.7 Å². The lowest BCUT2D eigenvalue weighted by molar-refractivity contribution is 0.0655. The van der Waals surface area contributed by atoms with Gasteiger partial charge >= 0.3 is 0 Å². The number of nitrogens with zero attached hydrogens (tertiary/aromatic N) is 1. The number of benzene rings is 1. The summed E-state index contributed by atoms with van der Waals surface area (Å²) < 4.78 is 6.06. The average molecular weight is 276 g/mol. The third-order valence-electron chi connectivity index (χ3n) is 4.11. The van der Waals surface area contributed by atoms with E-state index in [0.717, 1.165) is 25.3 Å². The third kappa shape index (κ3) is 3.74. The Balaban J connectivity index is 2.00. The van der Waals surface area contributed by atoms with Crippen molar-refractivity contribution in [2.24, 2.45) is 0 Å². The largest absolute Gasteiger partial charge is 0.487 e. The van der Waals surface area contributed by atoms with Gasteiger partial charge in [0.15, 0.2) is 0 Å². The molecular formula is C17H28N2O. The molecular weight excluding hydrogens is 248 g/mol. The maximum atomic E-state index is 6.06. The summed E-state index contributed by atoms with van der Waals surface area (Å²) in [5, 5.41) is 3.70. The number of hydrogen-bond acceptors (Lipinski definition) is 3. The summed E-state index contributed by atoms with van der Waals surface area (Å²) in [6, 6.07) is 9.37. The summed E-state index contributed by atoms with van der Waals surface area (Å²) in [4.78, 5) is 2.36. The average Bonchev–Trinajstić information content (AvgIpc) is 2.37. The van der Waals surface area contributed by atoms with Crippen molar-refractivity contribution in [2.45, 2.75) is 51.8 Å². The van der Waals surface area contributed by atoms with Crippen LogP contribution in [-0.4, -0.2) is 36.7 Å². The van der Waals surface area contributed by atoms with Crippen LogP contribution in [0.15, 0.2) is 24.3 Å². The molecule has 0 radical (unpaired) electrons. The summed E-state index contributed by atoms with van der Waals surface area (Å²) in [6.07, 6.45) is 1.01. The zero-order chi connectivity index (χ0) is 14.8. The first kappa shape index (κ1) is 15.3. The number of para-hydroxylation sites is 1. The minimum absolute atomic E-state index is 0.101. The zero-order valence-electron chi connectivity index (χ0n) is 13.4. The molecule has 0 fully saturated rings. The lowest BCUT2D eigenvalue weighted by Gasteiger charge is -2.38. The minimum atomic E-state index is -0.101. The van der Waals surface area contributed by atoms with Gasteiger partial charge in [-0.05, 0) is 40.8 Å². The third-order valence-corrected chi connectivity index (χ3v) is 4.11. The molecule has 1 atom stereocenters. The first-order valence-corrected chi connectivity index (χ1v) is 7.60. The van der Waals surface area contributed by atoms with E-state index < -0.39 is 0 Å². The number of fused-ring (bicyclic) bond motifs is 1. The molecule has 0 aromatic heterocycles. The van der Waals surface area contributed by atoms with Crippen molar-refractivity contribution in [1.82, 2.24) is 10.2 Å². The van der Waals surface area contributed by atoms with Gasteiger partial charge in [-0.2, -0.15) is 0 Å². The highest BCUT2D eigenvalue weighted by atomic mass is 16.5. The van der Waals surface area contributed by atoms with Crippen LogP contribution < -0.4 is 10.1 Å². The van der Waals surface area contributed by atoms with E-state index in [1.54, 1.807) is 0 Å². The molecule has 20 heavy (non-hydrogen) atoms. The smallest absolute Gasteiger partial charge is 0.124 e. The van der Waals surface area contributed by atoms with Crippen molar-refractivity contribution in [1.29, 1.82) is 0 Å². The molecule has 0 amide bonds. The fourth-order valence-electron chi connectivity index (χ4n) is 2.66. The summed E-state index contributed by atoms with van der Waals surface area (Å²) in [6.45, 7) is 10.9. The summed E-state index contributed by atoms with van der Waals surface area (Å²) in [5.41, 5.74) is 1.19. The molecule has 2 rings (SSSR count). The van der Waals surface area contributed by atoms with Gasteiger partial charge < -0.3 is 15.0 Å². The zero-order valence-corrected chi connectivity index (χ0v) is 13.4. The molecule has 3 nitrogen and oxygen atoms in total. The minimum Gasteiger partial charge on any atom is -0.487 e. The van der Waals surface area contributed by atoms with Crippen molar-refractivity contribution in [2.75, 3.05) is 20.1 Å². The Kier molecular flexibility index (Phi) is 4.71. The van der Waals surface area contributed by atoms with E-state index in [0.29, 0.717) is 12.1 Å². The van der Waals surface area contributed by atoms with Gasteiger partial charge in [0.25, 0.3) is 0 Å². The monoisotopic (exact) mass is 276 g/mol. The maximum Gasteiger partial charge on any atom is 0.124 e. The summed E-state index contributed by atoms with van der Waals surface area (Å²) in [7, 11) is 2.17. The van der Waals surface area contributed by atoms with Gasteiger partial charge in [-0.3, -0.25) is 0 Å². The van der Waals surface area contributed by atoms with Gasteiger partial charge in [0.05, 0.1) is 0 Å². The molecule has 1 aliphatic heterocycles. The summed E-state index contributed by atoms with van der Waals surface area (Å²) in [5.74, 6) is 1.03. The van der Waals surface area contributed by atoms with Crippen LogP contribution in [0, 0.1) is 0 Å². The van der Waals surface area contributed by atoms with Crippen molar-refractivity contribution >= 4 is 0 Å². The highest BCUT2D eigenvalue weighted by Gasteiger charge is 2.33. The SMILES string of the molecule is CC(C)N(C)CCNC1CC(C)(C)Oc2ccccc21. The normalized spacial score (nSPS) is 20.9. The fourth-order valence-corrected chi connectivity index (χ4v) is 2.66. The Morgan fingerprint density at radius 1 is 1.35 bits per heavy atom. The van der Waals surface area contributed by atoms with Gasteiger partial charge in [0.1, 0.15) is 11.4 Å². The summed E-state index contributed by atoms with van der Waals surface area (Å²) >= 11 is 0. The highest BCUT2D eigenvalue weighted by molar-refractivity contribution is 5.38. The first-order valence-electron chi connectivity index (χ1n) is 7.60. The van der Waals surface area contributed by atoms with E-state index in [-0.39, 0.29) is 5.60 Å². The standard InChI is InChI=1S/C17H28N2O/c1-13(2)19(5)11-10-18-15-12-17(3,4)20-16-9-7-6-8-14(15)16/h6-9,13,15,18H,10-12H2,1-5H3. The van der Waals surface area contributed by atoms with Gasteiger partial charge in [0.2, 0.25) is 0 Å². The van der Waals surface area contributed by atoms with Crippen LogP contribution >= 0.6 is 0 Å². The molecule has 1 aromatic carbocycles. The number of likely N-dealkylation sites (N-methyl/N-ethyl adjacent to an activating group) is 1. The number of rotatable bonds is 5. The van der Waals surface area contributed by atoms with Crippen molar-refractivity contribution in [3.63, 3.8) is 0 Å². The first-order chi connectivity index (χ1) is 9.39. The Labute approximate surface area is 123 Å². The van der Waals surface area contributed by atoms with E-state index >= 15 is 0 Å². The van der Waals surface area contributed by atoms with Crippen LogP contribution in [0.5, 0.6) is 5.75 Å². The molecule has 0 bridgehead atoms. The van der Waals surface area contributed by atoms with Crippen molar-refractivity contribution in [3.8, 4) is 5.75 Å². The fraction of sp³-hybridized carbons (Fsp3) is 0.647. The van der Waals surface area contributed by atoms with Gasteiger partial charge in [-0.1, -0.05) is 18.2 Å². The molecule has 1 unspecified atom stereocenters. The van der Waals surface area contributed by atoms with E-state index in [9.17, 15) is 0 Å². The topological polar surface area (TPSA) is 24.5 Å². The van der Waals surface area contributed by atoms with E-state index in [4.69, 9.17) is 4.74 Å². The van der Waals surface area contributed by atoms with E-state index in [2.05, 4.69) is 63.2 Å². The number of ether oxygens (including phenoxy) is 1. The Morgan fingerprint density at radius 3 is 2.75 bits per heavy atom. The van der Waals surface area contributed by atoms with E-state index in [1.165, 1.54) is 5.56 Å². The quantitative estimate of drug-likeness (QED) is 0.893. The van der Waals surface area contributed by atoms with Crippen molar-refractivity contribution < 1.29 is 4.74 Å². The van der Waals surface area contributed by atoms with Crippen LogP contribution in [0.25, 0.3) is 0 Å². The lowest BCUT2D eigenvalue weighted by atomic mass is 9.90. The number of nitrogens with one attached hydrogen (secondary N) is 1. The predicted octanol–water partition coefficient (Wildman–Crippen LogP) is 3.22. The molecule has 0 spiro atoms. The molecule has 1 aromatic rings. The van der Waals surface area contributed by atoms with Crippen molar-refractivity contribution in [3.05, 3.63) is 29.8 Å². The van der Waals surface area contributed by atoms with E-state index in [1.807, 2.05) is 6.07 Å². The molecule has 0 aliphatic carbocycles. The second-order valence-electron chi connectivity index (χ2n) is 6.68. The van der Waals surface area contributed by atoms with Crippen LogP contribution in [-0.2, 0) is 0 Å². The van der Waals surface area contributed by atoms with Gasteiger partial charge in [-0.25, -0.2) is 0 Å². The van der Waals surface area contributed by atoms with Crippen LogP contribution in [0.4, 0.5) is 0 Å². The molecule has 112 valence electrons. The molecule has 0 saturated carbocycles. The maximum absolute atomic E-state index is 6.06. The second kappa shape index (κ2) is 6.15. The number of hydrogen-bond donors (Lipinski definition) is 1. The Bertz CT molecular complexity index is 442. The van der Waals surface area contributed by atoms with Crippen LogP contribution in [0.3, 0.4) is 0 Å². The van der Waals surface area contributed by atoms with Gasteiger partial charge in [-0.15, -0.1) is 0 Å². The molecule has 3 heteroatoms. The molecule has 1 aliphatic rings.